The predicted octanol–water partition coefficient (Wildman–Crippen LogP) is 0.378. The van der Waals surface area contributed by atoms with Crippen LogP contribution in [0.2, 0.25) is 0 Å². The third-order valence-electron chi connectivity index (χ3n) is 2.68. The molecule has 2 amide bonds. The van der Waals surface area contributed by atoms with Crippen LogP contribution in [0.4, 0.5) is 4.39 Å². The number of amides is 2. The van der Waals surface area contributed by atoms with E-state index in [9.17, 15) is 14.0 Å². The van der Waals surface area contributed by atoms with E-state index in [4.69, 9.17) is 5.11 Å². The van der Waals surface area contributed by atoms with E-state index in [-0.39, 0.29) is 24.6 Å². The van der Waals surface area contributed by atoms with E-state index in [2.05, 4.69) is 17.2 Å². The van der Waals surface area contributed by atoms with Crippen molar-refractivity contribution in [3.8, 4) is 11.8 Å². The molecule has 0 aliphatic heterocycles. The topological polar surface area (TPSA) is 69.6 Å². The summed E-state index contributed by atoms with van der Waals surface area (Å²) in [4.78, 5) is 24.4. The van der Waals surface area contributed by atoms with Crippen molar-refractivity contribution in [2.75, 3.05) is 27.2 Å². The highest BCUT2D eigenvalue weighted by molar-refractivity contribution is 5.96. The molecule has 21 heavy (non-hydrogen) atoms. The van der Waals surface area contributed by atoms with Gasteiger partial charge in [-0.1, -0.05) is 11.8 Å². The number of aliphatic hydroxyl groups excluding tert-OH is 1. The number of benzene rings is 1. The third-order valence-corrected chi connectivity index (χ3v) is 2.68. The van der Waals surface area contributed by atoms with Crippen LogP contribution < -0.4 is 5.32 Å². The highest BCUT2D eigenvalue weighted by Gasteiger charge is 2.18. The Morgan fingerprint density at radius 1 is 1.43 bits per heavy atom. The maximum atomic E-state index is 13.9. The van der Waals surface area contributed by atoms with Crippen LogP contribution in [-0.4, -0.2) is 49.1 Å². The quantitative estimate of drug-likeness (QED) is 0.788. The molecule has 1 rings (SSSR count). The minimum absolute atomic E-state index is 0.0592. The highest BCUT2D eigenvalue weighted by atomic mass is 19.1. The zero-order valence-corrected chi connectivity index (χ0v) is 11.9. The fraction of sp³-hybridized carbons (Fsp3) is 0.333. The zero-order valence-electron chi connectivity index (χ0n) is 11.9. The van der Waals surface area contributed by atoms with Crippen molar-refractivity contribution >= 4 is 11.8 Å². The number of aliphatic hydroxyl groups is 1. The van der Waals surface area contributed by atoms with Crippen LogP contribution in [0, 0.1) is 17.7 Å². The van der Waals surface area contributed by atoms with Gasteiger partial charge in [0.05, 0.1) is 18.7 Å². The number of likely N-dealkylation sites (N-methyl/N-ethyl adjacent to an activating group) is 2. The number of hydrogen-bond acceptors (Lipinski definition) is 3. The molecule has 112 valence electrons. The number of carbonyl (C=O) groups is 2. The monoisotopic (exact) mass is 292 g/mol. The second-order valence-electron chi connectivity index (χ2n) is 4.30. The summed E-state index contributed by atoms with van der Waals surface area (Å²) in [5.41, 5.74) is 0.306. The molecule has 5 nitrogen and oxygen atoms in total. The van der Waals surface area contributed by atoms with Gasteiger partial charge in [-0.25, -0.2) is 4.39 Å². The van der Waals surface area contributed by atoms with Crippen molar-refractivity contribution < 1.29 is 19.1 Å². The number of nitrogens with zero attached hydrogens (tertiary/aromatic N) is 1. The smallest absolute Gasteiger partial charge is 0.257 e. The number of nitrogens with one attached hydrogen (secondary N) is 1. The number of halogens is 1. The molecule has 0 fully saturated rings. The van der Waals surface area contributed by atoms with Crippen LogP contribution >= 0.6 is 0 Å². The van der Waals surface area contributed by atoms with E-state index in [1.165, 1.54) is 26.2 Å². The molecule has 0 aliphatic carbocycles. The van der Waals surface area contributed by atoms with Gasteiger partial charge in [0.25, 0.3) is 5.91 Å². The maximum absolute atomic E-state index is 13.9. The van der Waals surface area contributed by atoms with E-state index < -0.39 is 11.7 Å². The Morgan fingerprint density at radius 2 is 2.14 bits per heavy atom. The van der Waals surface area contributed by atoms with Gasteiger partial charge in [-0.15, -0.1) is 0 Å². The molecule has 0 atom stereocenters. The molecule has 0 aliphatic rings. The first-order valence-corrected chi connectivity index (χ1v) is 6.35. The SMILES string of the molecule is CNC(=O)CN(C)C(=O)c1ccc(C#CCCO)cc1F. The van der Waals surface area contributed by atoms with Crippen molar-refractivity contribution in [3.05, 3.63) is 35.1 Å². The summed E-state index contributed by atoms with van der Waals surface area (Å²) < 4.78 is 13.9. The normalized spacial score (nSPS) is 9.52. The fourth-order valence-corrected chi connectivity index (χ4v) is 1.56. The third kappa shape index (κ3) is 4.89. The van der Waals surface area contributed by atoms with Gasteiger partial charge in [-0.3, -0.25) is 9.59 Å². The minimum Gasteiger partial charge on any atom is -0.395 e. The van der Waals surface area contributed by atoms with Crippen LogP contribution in [0.1, 0.15) is 22.3 Å². The molecule has 0 saturated heterocycles. The highest BCUT2D eigenvalue weighted by Crippen LogP contribution is 2.12. The zero-order chi connectivity index (χ0) is 15.8. The summed E-state index contributed by atoms with van der Waals surface area (Å²) >= 11 is 0. The van der Waals surface area contributed by atoms with Gasteiger partial charge in [0, 0.05) is 26.1 Å². The molecule has 6 heteroatoms. The summed E-state index contributed by atoms with van der Waals surface area (Å²) in [7, 11) is 2.88. The number of rotatable bonds is 4. The molecule has 0 spiro atoms. The van der Waals surface area contributed by atoms with Crippen molar-refractivity contribution in [2.45, 2.75) is 6.42 Å². The van der Waals surface area contributed by atoms with E-state index >= 15 is 0 Å². The molecule has 0 heterocycles. The van der Waals surface area contributed by atoms with Gasteiger partial charge in [-0.05, 0) is 18.2 Å². The van der Waals surface area contributed by atoms with E-state index in [1.807, 2.05) is 0 Å². The molecule has 0 aromatic heterocycles. The maximum Gasteiger partial charge on any atom is 0.257 e. The van der Waals surface area contributed by atoms with Gasteiger partial charge in [0.15, 0.2) is 0 Å². The first-order valence-electron chi connectivity index (χ1n) is 6.35. The van der Waals surface area contributed by atoms with Crippen LogP contribution in [0.15, 0.2) is 18.2 Å². The van der Waals surface area contributed by atoms with E-state index in [0.717, 1.165) is 11.0 Å². The van der Waals surface area contributed by atoms with E-state index in [0.29, 0.717) is 12.0 Å². The standard InChI is InChI=1S/C15H17FN2O3/c1-17-14(20)10-18(2)15(21)12-7-6-11(9-13(12)16)5-3-4-8-19/h6-7,9,19H,4,8,10H2,1-2H3,(H,17,20). The van der Waals surface area contributed by atoms with Crippen molar-refractivity contribution in [1.29, 1.82) is 0 Å². The molecule has 0 radical (unpaired) electrons. The second-order valence-corrected chi connectivity index (χ2v) is 4.30. The molecule has 1 aromatic carbocycles. The summed E-state index contributed by atoms with van der Waals surface area (Å²) in [6.07, 6.45) is 0.303. The van der Waals surface area contributed by atoms with Crippen LogP contribution in [0.25, 0.3) is 0 Å². The molecule has 0 saturated carbocycles. The summed E-state index contributed by atoms with van der Waals surface area (Å²) in [5.74, 6) is 3.74. The van der Waals surface area contributed by atoms with Crippen molar-refractivity contribution in [2.24, 2.45) is 0 Å². The summed E-state index contributed by atoms with van der Waals surface area (Å²) in [6, 6.07) is 4.01. The lowest BCUT2D eigenvalue weighted by Crippen LogP contribution is -2.37. The second kappa shape index (κ2) is 8.02. The largest absolute Gasteiger partial charge is 0.395 e. The van der Waals surface area contributed by atoms with Crippen molar-refractivity contribution in [1.82, 2.24) is 10.2 Å². The Morgan fingerprint density at radius 3 is 2.71 bits per heavy atom. The summed E-state index contributed by atoms with van der Waals surface area (Å²) in [6.45, 7) is -0.205. The summed E-state index contributed by atoms with van der Waals surface area (Å²) in [5, 5.41) is 11.0. The molecular formula is C15H17FN2O3. The lowest BCUT2D eigenvalue weighted by Gasteiger charge is -2.16. The Bertz CT molecular complexity index is 590. The molecular weight excluding hydrogens is 275 g/mol. The molecule has 0 unspecified atom stereocenters. The first kappa shape index (κ1) is 16.7. The van der Waals surface area contributed by atoms with Crippen LogP contribution in [0.5, 0.6) is 0 Å². The average molecular weight is 292 g/mol. The molecule has 1 aromatic rings. The lowest BCUT2D eigenvalue weighted by atomic mass is 10.1. The number of carbonyl (C=O) groups excluding carboxylic acids is 2. The van der Waals surface area contributed by atoms with Crippen LogP contribution in [-0.2, 0) is 4.79 Å². The Hall–Kier alpha value is -2.39. The molecule has 0 bridgehead atoms. The van der Waals surface area contributed by atoms with Gasteiger partial charge >= 0.3 is 0 Å². The predicted molar refractivity (Wildman–Crippen MR) is 76.0 cm³/mol. The lowest BCUT2D eigenvalue weighted by molar-refractivity contribution is -0.121. The fourth-order valence-electron chi connectivity index (χ4n) is 1.56. The van der Waals surface area contributed by atoms with Gasteiger partial charge < -0.3 is 15.3 Å². The van der Waals surface area contributed by atoms with Crippen LogP contribution in [0.3, 0.4) is 0 Å². The first-order chi connectivity index (χ1) is 9.99. The van der Waals surface area contributed by atoms with Crippen molar-refractivity contribution in [3.63, 3.8) is 0 Å². The van der Waals surface area contributed by atoms with Gasteiger partial charge in [0.1, 0.15) is 5.82 Å². The van der Waals surface area contributed by atoms with Gasteiger partial charge in [-0.2, -0.15) is 0 Å². The number of hydrogen-bond donors (Lipinski definition) is 2. The Kier molecular flexibility index (Phi) is 6.37. The average Bonchev–Trinajstić information content (AvgIpc) is 2.46. The van der Waals surface area contributed by atoms with Gasteiger partial charge in [0.2, 0.25) is 5.91 Å². The minimum atomic E-state index is -0.695. The van der Waals surface area contributed by atoms with E-state index in [1.54, 1.807) is 0 Å². The Balaban J connectivity index is 2.87. The Labute approximate surface area is 122 Å². The molecule has 2 N–H and O–H groups in total.